The van der Waals surface area contributed by atoms with Crippen LogP contribution in [0.25, 0.3) is 0 Å². The second-order valence-electron chi connectivity index (χ2n) is 3.16. The topological polar surface area (TPSA) is 26.0 Å². The summed E-state index contributed by atoms with van der Waals surface area (Å²) >= 11 is 1.92. The van der Waals surface area contributed by atoms with Gasteiger partial charge >= 0.3 is 0 Å². The molecule has 0 radical (unpaired) electrons. The fourth-order valence-corrected chi connectivity index (χ4v) is 1.78. The zero-order chi connectivity index (χ0) is 8.69. The number of thioether (sulfide) groups is 1. The maximum absolute atomic E-state index is 5.82. The molecule has 0 aliphatic rings. The summed E-state index contributed by atoms with van der Waals surface area (Å²) in [4.78, 5) is 0. The Kier molecular flexibility index (Phi) is 7.18. The standard InChI is InChI=1S/C9H21NS/c1-4-9(8(2)10)6-5-7-11-3/h8-9H,4-7,10H2,1-3H3. The maximum atomic E-state index is 5.82. The Bertz CT molecular complexity index is 83.6. The molecule has 0 aromatic carbocycles. The van der Waals surface area contributed by atoms with Crippen LogP contribution in [0, 0.1) is 5.92 Å². The minimum absolute atomic E-state index is 0.377. The molecular weight excluding hydrogens is 154 g/mol. The van der Waals surface area contributed by atoms with Crippen LogP contribution in [0.2, 0.25) is 0 Å². The van der Waals surface area contributed by atoms with E-state index in [0.717, 1.165) is 5.92 Å². The van der Waals surface area contributed by atoms with Crippen molar-refractivity contribution in [1.29, 1.82) is 0 Å². The average molecular weight is 175 g/mol. The Labute approximate surface area is 75.1 Å². The lowest BCUT2D eigenvalue weighted by molar-refractivity contribution is 0.398. The van der Waals surface area contributed by atoms with Gasteiger partial charge in [-0.25, -0.2) is 0 Å². The van der Waals surface area contributed by atoms with Gasteiger partial charge in [0.2, 0.25) is 0 Å². The molecule has 0 fully saturated rings. The molecule has 11 heavy (non-hydrogen) atoms. The predicted octanol–water partition coefficient (Wildman–Crippen LogP) is 2.50. The molecule has 0 aliphatic carbocycles. The summed E-state index contributed by atoms with van der Waals surface area (Å²) in [6, 6.07) is 0.377. The average Bonchev–Trinajstić information content (AvgIpc) is 1.97. The molecular formula is C9H21NS. The molecule has 0 heterocycles. The van der Waals surface area contributed by atoms with E-state index in [2.05, 4.69) is 20.1 Å². The van der Waals surface area contributed by atoms with E-state index in [1.165, 1.54) is 25.0 Å². The lowest BCUT2D eigenvalue weighted by Crippen LogP contribution is -2.26. The predicted molar refractivity (Wildman–Crippen MR) is 55.0 cm³/mol. The van der Waals surface area contributed by atoms with Crippen molar-refractivity contribution >= 4 is 11.8 Å². The Morgan fingerprint density at radius 1 is 1.45 bits per heavy atom. The van der Waals surface area contributed by atoms with Crippen LogP contribution in [0.1, 0.15) is 33.1 Å². The van der Waals surface area contributed by atoms with E-state index >= 15 is 0 Å². The van der Waals surface area contributed by atoms with Gasteiger partial charge in [0.25, 0.3) is 0 Å². The zero-order valence-electron chi connectivity index (χ0n) is 7.97. The largest absolute Gasteiger partial charge is 0.328 e. The van der Waals surface area contributed by atoms with E-state index in [0.29, 0.717) is 6.04 Å². The molecule has 0 amide bonds. The molecule has 2 heteroatoms. The third kappa shape index (κ3) is 5.57. The van der Waals surface area contributed by atoms with Crippen LogP contribution < -0.4 is 5.73 Å². The van der Waals surface area contributed by atoms with Gasteiger partial charge in [0.05, 0.1) is 0 Å². The molecule has 0 spiro atoms. The van der Waals surface area contributed by atoms with Crippen LogP contribution in [0.15, 0.2) is 0 Å². The SMILES string of the molecule is CCC(CCCSC)C(C)N. The van der Waals surface area contributed by atoms with Crippen LogP contribution >= 0.6 is 11.8 Å². The molecule has 2 unspecified atom stereocenters. The van der Waals surface area contributed by atoms with Crippen LogP contribution in [-0.4, -0.2) is 18.1 Å². The normalized spacial score (nSPS) is 16.4. The first kappa shape index (κ1) is 11.3. The third-order valence-corrected chi connectivity index (χ3v) is 2.89. The molecule has 1 nitrogen and oxygen atoms in total. The lowest BCUT2D eigenvalue weighted by Gasteiger charge is -2.18. The second kappa shape index (κ2) is 6.99. The number of nitrogens with two attached hydrogens (primary N) is 1. The second-order valence-corrected chi connectivity index (χ2v) is 4.15. The summed E-state index contributed by atoms with van der Waals surface area (Å²) < 4.78 is 0. The van der Waals surface area contributed by atoms with E-state index in [1.54, 1.807) is 0 Å². The minimum Gasteiger partial charge on any atom is -0.328 e. The van der Waals surface area contributed by atoms with Crippen molar-refractivity contribution in [2.75, 3.05) is 12.0 Å². The van der Waals surface area contributed by atoms with Crippen molar-refractivity contribution in [3.05, 3.63) is 0 Å². The first-order valence-electron chi connectivity index (χ1n) is 4.46. The molecule has 0 aliphatic heterocycles. The van der Waals surface area contributed by atoms with Crippen LogP contribution in [-0.2, 0) is 0 Å². The van der Waals surface area contributed by atoms with Crippen molar-refractivity contribution in [2.24, 2.45) is 11.7 Å². The summed E-state index contributed by atoms with van der Waals surface area (Å²) in [6.45, 7) is 4.35. The molecule has 0 saturated carbocycles. The van der Waals surface area contributed by atoms with Gasteiger partial charge in [-0.1, -0.05) is 13.3 Å². The van der Waals surface area contributed by atoms with Crippen LogP contribution in [0.3, 0.4) is 0 Å². The van der Waals surface area contributed by atoms with Crippen molar-refractivity contribution in [3.63, 3.8) is 0 Å². The highest BCUT2D eigenvalue weighted by Gasteiger charge is 2.09. The van der Waals surface area contributed by atoms with Gasteiger partial charge in [-0.3, -0.25) is 0 Å². The van der Waals surface area contributed by atoms with E-state index in [-0.39, 0.29) is 0 Å². The monoisotopic (exact) mass is 175 g/mol. The van der Waals surface area contributed by atoms with E-state index in [9.17, 15) is 0 Å². The summed E-state index contributed by atoms with van der Waals surface area (Å²) in [5.41, 5.74) is 5.82. The lowest BCUT2D eigenvalue weighted by atomic mass is 9.94. The Morgan fingerprint density at radius 3 is 2.45 bits per heavy atom. The van der Waals surface area contributed by atoms with Gasteiger partial charge in [-0.05, 0) is 37.7 Å². The highest BCUT2D eigenvalue weighted by atomic mass is 32.2. The van der Waals surface area contributed by atoms with Gasteiger partial charge in [0.1, 0.15) is 0 Å². The minimum atomic E-state index is 0.377. The third-order valence-electron chi connectivity index (χ3n) is 2.19. The van der Waals surface area contributed by atoms with Crippen LogP contribution in [0.4, 0.5) is 0 Å². The summed E-state index contributed by atoms with van der Waals surface area (Å²) in [5, 5.41) is 0. The quantitative estimate of drug-likeness (QED) is 0.628. The van der Waals surface area contributed by atoms with Gasteiger partial charge in [-0.15, -0.1) is 0 Å². The van der Waals surface area contributed by atoms with Crippen molar-refractivity contribution < 1.29 is 0 Å². The molecule has 2 atom stereocenters. The molecule has 0 aromatic heterocycles. The van der Waals surface area contributed by atoms with E-state index in [4.69, 9.17) is 5.73 Å². The smallest absolute Gasteiger partial charge is 0.00386 e. The Morgan fingerprint density at radius 2 is 2.09 bits per heavy atom. The number of hydrogen-bond donors (Lipinski definition) is 1. The first-order valence-corrected chi connectivity index (χ1v) is 5.86. The fraction of sp³-hybridized carbons (Fsp3) is 1.00. The fourth-order valence-electron chi connectivity index (χ4n) is 1.33. The summed E-state index contributed by atoms with van der Waals surface area (Å²) in [6.07, 6.45) is 6.01. The zero-order valence-corrected chi connectivity index (χ0v) is 8.79. The van der Waals surface area contributed by atoms with Gasteiger partial charge in [0.15, 0.2) is 0 Å². The van der Waals surface area contributed by atoms with E-state index < -0.39 is 0 Å². The Balaban J connectivity index is 3.36. The van der Waals surface area contributed by atoms with Gasteiger partial charge in [-0.2, -0.15) is 11.8 Å². The van der Waals surface area contributed by atoms with Crippen molar-refractivity contribution in [1.82, 2.24) is 0 Å². The molecule has 68 valence electrons. The summed E-state index contributed by atoms with van der Waals surface area (Å²) in [5.74, 6) is 2.02. The molecule has 2 N–H and O–H groups in total. The molecule has 0 bridgehead atoms. The number of hydrogen-bond acceptors (Lipinski definition) is 2. The molecule has 0 rings (SSSR count). The summed E-state index contributed by atoms with van der Waals surface area (Å²) in [7, 11) is 0. The molecule has 0 saturated heterocycles. The van der Waals surface area contributed by atoms with E-state index in [1.807, 2.05) is 11.8 Å². The molecule has 0 aromatic rings. The van der Waals surface area contributed by atoms with Crippen molar-refractivity contribution in [3.8, 4) is 0 Å². The Hall–Kier alpha value is 0.310. The highest BCUT2D eigenvalue weighted by molar-refractivity contribution is 7.98. The first-order chi connectivity index (χ1) is 5.22. The van der Waals surface area contributed by atoms with Gasteiger partial charge in [0, 0.05) is 6.04 Å². The highest BCUT2D eigenvalue weighted by Crippen LogP contribution is 2.15. The maximum Gasteiger partial charge on any atom is 0.00386 e. The van der Waals surface area contributed by atoms with Crippen LogP contribution in [0.5, 0.6) is 0 Å². The number of rotatable bonds is 6. The van der Waals surface area contributed by atoms with Gasteiger partial charge < -0.3 is 5.73 Å². The van der Waals surface area contributed by atoms with Crippen molar-refractivity contribution in [2.45, 2.75) is 39.2 Å².